The monoisotopic (exact) mass is 246 g/mol. The van der Waals surface area contributed by atoms with E-state index >= 15 is 0 Å². The molecule has 5 nitrogen and oxygen atoms in total. The highest BCUT2D eigenvalue weighted by Crippen LogP contribution is 2.29. The average Bonchev–Trinajstić information content (AvgIpc) is 2.97. The van der Waals surface area contributed by atoms with Gasteiger partial charge >= 0.3 is 0 Å². The van der Waals surface area contributed by atoms with Gasteiger partial charge in [-0.1, -0.05) is 19.3 Å². The Morgan fingerprint density at radius 2 is 2.06 bits per heavy atom. The molecule has 18 heavy (non-hydrogen) atoms. The largest absolute Gasteiger partial charge is 0.274 e. The van der Waals surface area contributed by atoms with E-state index in [9.17, 15) is 4.79 Å². The lowest BCUT2D eigenvalue weighted by Crippen LogP contribution is -2.20. The zero-order valence-corrected chi connectivity index (χ0v) is 10.7. The van der Waals surface area contributed by atoms with Crippen LogP contribution in [0.4, 0.5) is 5.82 Å². The van der Waals surface area contributed by atoms with E-state index in [1.165, 1.54) is 37.1 Å². The number of hydrogen-bond acceptors (Lipinski definition) is 3. The molecule has 0 radical (unpaired) electrons. The van der Waals surface area contributed by atoms with Crippen molar-refractivity contribution in [2.75, 3.05) is 5.01 Å². The first-order chi connectivity index (χ1) is 8.74. The van der Waals surface area contributed by atoms with E-state index in [1.54, 1.807) is 4.68 Å². The minimum atomic E-state index is 0.0503. The van der Waals surface area contributed by atoms with Crippen LogP contribution in [0.2, 0.25) is 0 Å². The molecule has 0 bridgehead atoms. The van der Waals surface area contributed by atoms with E-state index in [0.29, 0.717) is 18.2 Å². The summed E-state index contributed by atoms with van der Waals surface area (Å²) in [5.74, 6) is 1.19. The lowest BCUT2D eigenvalue weighted by molar-refractivity contribution is -0.117. The van der Waals surface area contributed by atoms with E-state index in [2.05, 4.69) is 10.2 Å². The number of aryl methyl sites for hydroxylation is 1. The molecule has 1 aromatic rings. The molecule has 0 saturated heterocycles. The molecule has 1 fully saturated rings. The fraction of sp³-hybridized carbons (Fsp3) is 0.615. The maximum Gasteiger partial charge on any atom is 0.254 e. The summed E-state index contributed by atoms with van der Waals surface area (Å²) >= 11 is 0. The first-order valence-electron chi connectivity index (χ1n) is 6.64. The van der Waals surface area contributed by atoms with E-state index < -0.39 is 0 Å². The van der Waals surface area contributed by atoms with Gasteiger partial charge in [-0.2, -0.15) is 15.2 Å². The van der Waals surface area contributed by atoms with Crippen molar-refractivity contribution in [3.05, 3.63) is 12.3 Å². The molecule has 1 amide bonds. The topological polar surface area (TPSA) is 50.5 Å². The third-order valence-electron chi connectivity index (χ3n) is 3.79. The van der Waals surface area contributed by atoms with Crippen LogP contribution in [-0.4, -0.2) is 21.4 Å². The maximum absolute atomic E-state index is 12.0. The van der Waals surface area contributed by atoms with Gasteiger partial charge in [-0.25, -0.2) is 0 Å². The van der Waals surface area contributed by atoms with Gasteiger partial charge in [0.1, 0.15) is 0 Å². The molecule has 0 unspecified atom stereocenters. The Hall–Kier alpha value is -1.65. The van der Waals surface area contributed by atoms with Crippen LogP contribution < -0.4 is 5.01 Å². The summed E-state index contributed by atoms with van der Waals surface area (Å²) in [5.41, 5.74) is 1.06. The minimum Gasteiger partial charge on any atom is -0.274 e. The molecule has 2 heterocycles. The highest BCUT2D eigenvalue weighted by Gasteiger charge is 2.31. The highest BCUT2D eigenvalue weighted by atomic mass is 16.2. The second-order valence-corrected chi connectivity index (χ2v) is 5.16. The van der Waals surface area contributed by atoms with Gasteiger partial charge in [0, 0.05) is 19.3 Å². The van der Waals surface area contributed by atoms with Crippen molar-refractivity contribution in [2.24, 2.45) is 18.1 Å². The summed E-state index contributed by atoms with van der Waals surface area (Å²) in [5, 5.41) is 10.2. The van der Waals surface area contributed by atoms with Crippen molar-refractivity contribution >= 4 is 17.4 Å². The number of carbonyl (C=O) groups is 1. The number of rotatable bonds is 2. The number of hydrogen-bond donors (Lipinski definition) is 0. The van der Waals surface area contributed by atoms with Crippen LogP contribution in [0, 0.1) is 5.92 Å². The number of anilines is 1. The Bertz CT molecular complexity index is 485. The van der Waals surface area contributed by atoms with Gasteiger partial charge in [0.25, 0.3) is 5.91 Å². The highest BCUT2D eigenvalue weighted by molar-refractivity contribution is 6.13. The van der Waals surface area contributed by atoms with Crippen molar-refractivity contribution in [2.45, 2.75) is 38.5 Å². The Labute approximate surface area is 106 Å². The minimum absolute atomic E-state index is 0.0503. The third-order valence-corrected chi connectivity index (χ3v) is 3.79. The van der Waals surface area contributed by atoms with Crippen LogP contribution >= 0.6 is 0 Å². The van der Waals surface area contributed by atoms with Gasteiger partial charge in [0.15, 0.2) is 5.82 Å². The van der Waals surface area contributed by atoms with Crippen LogP contribution in [0.5, 0.6) is 0 Å². The molecule has 3 rings (SSSR count). The Morgan fingerprint density at radius 1 is 1.28 bits per heavy atom. The third kappa shape index (κ3) is 2.05. The fourth-order valence-corrected chi connectivity index (χ4v) is 2.81. The molecule has 0 N–H and O–H groups in total. The lowest BCUT2D eigenvalue weighted by atomic mass is 9.85. The van der Waals surface area contributed by atoms with Crippen LogP contribution in [0.3, 0.4) is 0 Å². The molecule has 1 aromatic heterocycles. The van der Waals surface area contributed by atoms with Crippen molar-refractivity contribution in [1.82, 2.24) is 9.78 Å². The van der Waals surface area contributed by atoms with Gasteiger partial charge in [0.2, 0.25) is 0 Å². The predicted octanol–water partition coefficient (Wildman–Crippen LogP) is 2.09. The summed E-state index contributed by atoms with van der Waals surface area (Å²) in [6, 6.07) is 1.82. The van der Waals surface area contributed by atoms with E-state index in [0.717, 1.165) is 5.71 Å². The van der Waals surface area contributed by atoms with E-state index in [-0.39, 0.29) is 5.91 Å². The van der Waals surface area contributed by atoms with Crippen molar-refractivity contribution in [3.63, 3.8) is 0 Å². The quantitative estimate of drug-likeness (QED) is 0.802. The molecule has 0 spiro atoms. The molecule has 0 aromatic carbocycles. The molecule has 5 heteroatoms. The molecule has 1 aliphatic heterocycles. The summed E-state index contributed by atoms with van der Waals surface area (Å²) in [6.45, 7) is 0. The Kier molecular flexibility index (Phi) is 2.89. The number of hydrazone groups is 1. The van der Waals surface area contributed by atoms with Crippen molar-refractivity contribution < 1.29 is 4.79 Å². The molecular formula is C13H18N4O. The van der Waals surface area contributed by atoms with Gasteiger partial charge in [-0.3, -0.25) is 9.48 Å². The first kappa shape index (κ1) is 11.4. The molecule has 0 atom stereocenters. The summed E-state index contributed by atoms with van der Waals surface area (Å²) in [4.78, 5) is 12.0. The predicted molar refractivity (Wildman–Crippen MR) is 69.3 cm³/mol. The molecular weight excluding hydrogens is 228 g/mol. The van der Waals surface area contributed by atoms with Crippen molar-refractivity contribution in [1.29, 1.82) is 0 Å². The van der Waals surface area contributed by atoms with Gasteiger partial charge in [0.05, 0.1) is 12.1 Å². The zero-order chi connectivity index (χ0) is 12.5. The second-order valence-electron chi connectivity index (χ2n) is 5.16. The number of carbonyl (C=O) groups excluding carboxylic acids is 1. The second kappa shape index (κ2) is 4.55. The Morgan fingerprint density at radius 3 is 2.72 bits per heavy atom. The standard InChI is InChI=1S/C13H18N4O/c1-16-8-7-12(15-16)17-13(18)9-11(14-17)10-5-3-2-4-6-10/h7-8,10H,2-6,9H2,1H3. The van der Waals surface area contributed by atoms with E-state index in [4.69, 9.17) is 0 Å². The van der Waals surface area contributed by atoms with Crippen LogP contribution in [0.15, 0.2) is 17.4 Å². The van der Waals surface area contributed by atoms with Crippen LogP contribution in [0.1, 0.15) is 38.5 Å². The molecule has 1 aliphatic carbocycles. The summed E-state index contributed by atoms with van der Waals surface area (Å²) in [7, 11) is 1.84. The molecule has 2 aliphatic rings. The summed E-state index contributed by atoms with van der Waals surface area (Å²) < 4.78 is 1.69. The molecule has 96 valence electrons. The van der Waals surface area contributed by atoms with Gasteiger partial charge in [-0.05, 0) is 18.8 Å². The Balaban J connectivity index is 1.79. The van der Waals surface area contributed by atoms with Crippen LogP contribution in [0.25, 0.3) is 0 Å². The number of nitrogens with zero attached hydrogens (tertiary/aromatic N) is 4. The number of aromatic nitrogens is 2. The first-order valence-corrected chi connectivity index (χ1v) is 6.64. The van der Waals surface area contributed by atoms with Crippen LogP contribution in [-0.2, 0) is 11.8 Å². The van der Waals surface area contributed by atoms with Crippen molar-refractivity contribution in [3.8, 4) is 0 Å². The zero-order valence-electron chi connectivity index (χ0n) is 10.7. The smallest absolute Gasteiger partial charge is 0.254 e. The summed E-state index contributed by atoms with van der Waals surface area (Å²) in [6.07, 6.45) is 8.52. The SMILES string of the molecule is Cn1ccc(N2N=C(C3CCCCC3)CC2=O)n1. The fourth-order valence-electron chi connectivity index (χ4n) is 2.81. The lowest BCUT2D eigenvalue weighted by Gasteiger charge is -2.20. The number of amides is 1. The van der Waals surface area contributed by atoms with Gasteiger partial charge < -0.3 is 0 Å². The molecule has 1 saturated carbocycles. The maximum atomic E-state index is 12.0. The normalized spacial score (nSPS) is 21.5. The average molecular weight is 246 g/mol. The van der Waals surface area contributed by atoms with E-state index in [1.807, 2.05) is 19.3 Å². The van der Waals surface area contributed by atoms with Gasteiger partial charge in [-0.15, -0.1) is 0 Å².